The molecule has 0 radical (unpaired) electrons. The maximum atomic E-state index is 13.9. The first-order valence-corrected chi connectivity index (χ1v) is 10.9. The number of halogens is 2. The van der Waals surface area contributed by atoms with Gasteiger partial charge in [-0.2, -0.15) is 5.10 Å². The Labute approximate surface area is 189 Å². The summed E-state index contributed by atoms with van der Waals surface area (Å²) >= 11 is 0. The Balaban J connectivity index is 1.42. The Hall–Kier alpha value is -3.46. The number of likely N-dealkylation sites (tertiary alicyclic amines) is 1. The van der Waals surface area contributed by atoms with Gasteiger partial charge in [-0.05, 0) is 69.1 Å². The molecule has 1 aromatic heterocycles. The van der Waals surface area contributed by atoms with E-state index in [0.29, 0.717) is 22.5 Å². The molecule has 7 nitrogen and oxygen atoms in total. The lowest BCUT2D eigenvalue weighted by molar-refractivity contribution is 0.100. The maximum absolute atomic E-state index is 13.9. The van der Waals surface area contributed by atoms with E-state index in [9.17, 15) is 13.6 Å². The normalized spacial score (nSPS) is 19.5. The van der Waals surface area contributed by atoms with Gasteiger partial charge >= 0.3 is 0 Å². The third-order valence-corrected chi connectivity index (χ3v) is 6.85. The number of nitrogens with zero attached hydrogens (tertiary/aromatic N) is 3. The largest absolute Gasteiger partial charge is 0.454 e. The summed E-state index contributed by atoms with van der Waals surface area (Å²) in [6.07, 6.45) is 4.45. The number of anilines is 1. The predicted octanol–water partition coefficient (Wildman–Crippen LogP) is 4.10. The van der Waals surface area contributed by atoms with Crippen LogP contribution in [0.1, 0.15) is 42.1 Å². The van der Waals surface area contributed by atoms with E-state index in [4.69, 9.17) is 16.2 Å². The third kappa shape index (κ3) is 3.82. The lowest BCUT2D eigenvalue weighted by Crippen LogP contribution is -2.43. The van der Waals surface area contributed by atoms with Crippen molar-refractivity contribution in [3.8, 4) is 22.8 Å². The molecule has 9 heteroatoms. The molecule has 1 amide bonds. The topological polar surface area (TPSA) is 99.4 Å². The minimum Gasteiger partial charge on any atom is -0.454 e. The number of aromatic nitrogens is 2. The predicted molar refractivity (Wildman–Crippen MR) is 120 cm³/mol. The van der Waals surface area contributed by atoms with E-state index < -0.39 is 17.5 Å². The molecule has 1 unspecified atom stereocenters. The third-order valence-electron chi connectivity index (χ3n) is 6.85. The number of rotatable bonds is 5. The van der Waals surface area contributed by atoms with Crippen molar-refractivity contribution in [1.82, 2.24) is 14.7 Å². The minimum atomic E-state index is -0.799. The number of benzene rings is 2. The summed E-state index contributed by atoms with van der Waals surface area (Å²) in [5, 5.41) is 4.69. The van der Waals surface area contributed by atoms with E-state index in [1.807, 2.05) is 0 Å². The summed E-state index contributed by atoms with van der Waals surface area (Å²) < 4.78 is 34.2. The Morgan fingerprint density at radius 3 is 2.48 bits per heavy atom. The summed E-state index contributed by atoms with van der Waals surface area (Å²) in [6.45, 7) is 0.805. The lowest BCUT2D eigenvalue weighted by atomic mass is 9.97. The second-order valence-electron chi connectivity index (χ2n) is 8.92. The van der Waals surface area contributed by atoms with Gasteiger partial charge in [0, 0.05) is 23.7 Å². The summed E-state index contributed by atoms with van der Waals surface area (Å²) in [7, 11) is 2.12. The number of nitrogens with two attached hydrogens (primary N) is 2. The molecule has 1 aliphatic heterocycles. The van der Waals surface area contributed by atoms with Crippen LogP contribution >= 0.6 is 0 Å². The molecule has 3 aromatic rings. The molecule has 2 fully saturated rings. The molecule has 172 valence electrons. The van der Waals surface area contributed by atoms with Gasteiger partial charge in [-0.15, -0.1) is 0 Å². The quantitative estimate of drug-likeness (QED) is 0.606. The van der Waals surface area contributed by atoms with Gasteiger partial charge in [-0.3, -0.25) is 9.69 Å². The molecule has 0 bridgehead atoms. The smallest absolute Gasteiger partial charge is 0.254 e. The van der Waals surface area contributed by atoms with Crippen molar-refractivity contribution in [2.75, 3.05) is 19.3 Å². The van der Waals surface area contributed by atoms with Crippen molar-refractivity contribution >= 4 is 11.7 Å². The second-order valence-corrected chi connectivity index (χ2v) is 8.92. The van der Waals surface area contributed by atoms with Crippen LogP contribution in [0.15, 0.2) is 42.5 Å². The van der Waals surface area contributed by atoms with E-state index in [0.717, 1.165) is 31.5 Å². The van der Waals surface area contributed by atoms with Crippen LogP contribution in [0.5, 0.6) is 11.5 Å². The van der Waals surface area contributed by atoms with E-state index >= 15 is 0 Å². The number of piperidine rings is 1. The van der Waals surface area contributed by atoms with Gasteiger partial charge in [0.1, 0.15) is 28.6 Å². The molecule has 1 spiro atoms. The molecule has 1 saturated carbocycles. The minimum absolute atomic E-state index is 0.0529. The number of carbonyl (C=O) groups excluding carboxylic acids is 1. The fourth-order valence-electron chi connectivity index (χ4n) is 4.74. The summed E-state index contributed by atoms with van der Waals surface area (Å²) in [5.74, 6) is -1.61. The number of primary amides is 1. The number of likely N-dealkylation sites (N-methyl/N-ethyl adjacent to an activating group) is 1. The summed E-state index contributed by atoms with van der Waals surface area (Å²) in [6, 6.07) is 9.77. The molecule has 2 heterocycles. The highest BCUT2D eigenvalue weighted by Gasteiger charge is 2.49. The molecule has 1 aliphatic carbocycles. The Morgan fingerprint density at radius 1 is 1.15 bits per heavy atom. The zero-order valence-electron chi connectivity index (χ0n) is 18.2. The molecular formula is C24H25F2N5O2. The fraction of sp³-hybridized carbons (Fsp3) is 0.333. The SMILES string of the molecule is CN1CC(n2nc(-c3ccc(Oc4ccc(F)cc4F)cc3)c(C(N)=O)c2N)CCC12CC2. The molecule has 2 aromatic carbocycles. The molecule has 2 aliphatic rings. The van der Waals surface area contributed by atoms with Gasteiger partial charge in [0.15, 0.2) is 11.6 Å². The van der Waals surface area contributed by atoms with Crippen molar-refractivity contribution in [3.63, 3.8) is 0 Å². The monoisotopic (exact) mass is 453 g/mol. The Morgan fingerprint density at radius 2 is 1.88 bits per heavy atom. The molecule has 4 N–H and O–H groups in total. The highest BCUT2D eigenvalue weighted by Crippen LogP contribution is 2.49. The zero-order valence-corrected chi connectivity index (χ0v) is 18.2. The number of hydrogen-bond acceptors (Lipinski definition) is 5. The van der Waals surface area contributed by atoms with E-state index in [2.05, 4.69) is 17.0 Å². The number of ether oxygens (including phenoxy) is 1. The standard InChI is InChI=1S/C24H25F2N5O2/c1-30-13-16(8-9-24(30)10-11-24)31-22(27)20(23(28)32)21(29-31)14-2-5-17(6-3-14)33-19-7-4-15(25)12-18(19)26/h2-7,12,16H,8-11,13,27H2,1H3,(H2,28,32). The van der Waals surface area contributed by atoms with Crippen molar-refractivity contribution < 1.29 is 18.3 Å². The molecule has 5 rings (SSSR count). The zero-order chi connectivity index (χ0) is 23.3. The van der Waals surface area contributed by atoms with Gasteiger partial charge in [-0.1, -0.05) is 0 Å². The molecule has 1 saturated heterocycles. The molecular weight excluding hydrogens is 428 g/mol. The van der Waals surface area contributed by atoms with Gasteiger partial charge in [0.25, 0.3) is 5.91 Å². The average Bonchev–Trinajstić information content (AvgIpc) is 3.48. The number of carbonyl (C=O) groups is 1. The Kier molecular flexibility index (Phi) is 5.08. The first-order valence-electron chi connectivity index (χ1n) is 10.9. The highest BCUT2D eigenvalue weighted by atomic mass is 19.1. The van der Waals surface area contributed by atoms with Crippen molar-refractivity contribution in [3.05, 3.63) is 59.7 Å². The lowest BCUT2D eigenvalue weighted by Gasteiger charge is -2.38. The van der Waals surface area contributed by atoms with Crippen LogP contribution in [0.2, 0.25) is 0 Å². The van der Waals surface area contributed by atoms with E-state index in [-0.39, 0.29) is 23.2 Å². The van der Waals surface area contributed by atoms with Gasteiger partial charge < -0.3 is 16.2 Å². The van der Waals surface area contributed by atoms with E-state index in [1.54, 1.807) is 28.9 Å². The van der Waals surface area contributed by atoms with Crippen molar-refractivity contribution in [1.29, 1.82) is 0 Å². The van der Waals surface area contributed by atoms with Crippen molar-refractivity contribution in [2.45, 2.75) is 37.3 Å². The second kappa shape index (κ2) is 7.84. The average molecular weight is 453 g/mol. The van der Waals surface area contributed by atoms with Crippen LogP contribution in [-0.4, -0.2) is 39.7 Å². The molecule has 33 heavy (non-hydrogen) atoms. The number of amides is 1. The van der Waals surface area contributed by atoms with Gasteiger partial charge in [0.05, 0.1) is 6.04 Å². The van der Waals surface area contributed by atoms with Crippen LogP contribution in [0.3, 0.4) is 0 Å². The van der Waals surface area contributed by atoms with Crippen LogP contribution in [0.4, 0.5) is 14.6 Å². The van der Waals surface area contributed by atoms with Crippen LogP contribution < -0.4 is 16.2 Å². The van der Waals surface area contributed by atoms with Gasteiger partial charge in [-0.25, -0.2) is 13.5 Å². The fourth-order valence-corrected chi connectivity index (χ4v) is 4.74. The van der Waals surface area contributed by atoms with Gasteiger partial charge in [0.2, 0.25) is 0 Å². The highest BCUT2D eigenvalue weighted by molar-refractivity contribution is 6.03. The van der Waals surface area contributed by atoms with Crippen LogP contribution in [0, 0.1) is 11.6 Å². The van der Waals surface area contributed by atoms with Crippen LogP contribution in [-0.2, 0) is 0 Å². The summed E-state index contributed by atoms with van der Waals surface area (Å²) in [5.41, 5.74) is 13.5. The first-order chi connectivity index (χ1) is 15.8. The number of hydrogen-bond donors (Lipinski definition) is 2. The Bertz CT molecular complexity index is 1220. The number of nitrogen functional groups attached to an aromatic ring is 1. The maximum Gasteiger partial charge on any atom is 0.254 e. The van der Waals surface area contributed by atoms with Crippen LogP contribution in [0.25, 0.3) is 11.3 Å². The first kappa shape index (κ1) is 21.4. The van der Waals surface area contributed by atoms with Crippen molar-refractivity contribution in [2.24, 2.45) is 5.73 Å². The molecule has 1 atom stereocenters. The summed E-state index contributed by atoms with van der Waals surface area (Å²) in [4.78, 5) is 14.6. The van der Waals surface area contributed by atoms with E-state index in [1.165, 1.54) is 18.9 Å².